The van der Waals surface area contributed by atoms with Crippen LogP contribution in [0.1, 0.15) is 15.9 Å². The van der Waals surface area contributed by atoms with E-state index in [-0.39, 0.29) is 17.2 Å². The maximum atomic E-state index is 11.9. The molecule has 7 heteroatoms. The lowest BCUT2D eigenvalue weighted by Crippen LogP contribution is -2.15. The number of carbonyl (C=O) groups excluding carboxylic acids is 1. The van der Waals surface area contributed by atoms with Gasteiger partial charge in [-0.25, -0.2) is 4.98 Å². The number of nitro benzene ring substituents is 1. The number of anilines is 1. The van der Waals surface area contributed by atoms with Crippen LogP contribution in [0.25, 0.3) is 0 Å². The normalized spacial score (nSPS) is 10.1. The fourth-order valence-electron chi connectivity index (χ4n) is 1.59. The first-order valence-corrected chi connectivity index (χ1v) is 5.14. The second-order valence-electron chi connectivity index (χ2n) is 3.62. The van der Waals surface area contributed by atoms with Gasteiger partial charge in [-0.3, -0.25) is 20.2 Å². The molecule has 1 aromatic heterocycles. The Bertz CT molecular complexity index is 592. The zero-order valence-electron chi connectivity index (χ0n) is 9.51. The summed E-state index contributed by atoms with van der Waals surface area (Å²) in [6.07, 6.45) is 3.01. The number of nitrogens with one attached hydrogen (secondary N) is 2. The van der Waals surface area contributed by atoms with Crippen molar-refractivity contribution < 1.29 is 9.72 Å². The minimum atomic E-state index is -0.569. The molecular formula is C11H10N4O3. The Hall–Kier alpha value is -2.70. The second-order valence-corrected chi connectivity index (χ2v) is 3.62. The summed E-state index contributed by atoms with van der Waals surface area (Å²) in [5.74, 6) is -0.323. The van der Waals surface area contributed by atoms with Crippen LogP contribution in [0, 0.1) is 17.0 Å². The summed E-state index contributed by atoms with van der Waals surface area (Å²) in [7, 11) is 0. The number of H-pyrrole nitrogens is 1. The van der Waals surface area contributed by atoms with Gasteiger partial charge in [-0.2, -0.15) is 0 Å². The maximum absolute atomic E-state index is 11.9. The summed E-state index contributed by atoms with van der Waals surface area (Å²) in [5.41, 5.74) is 0.255. The average Bonchev–Trinajstić information content (AvgIpc) is 2.80. The molecule has 2 aromatic rings. The molecule has 92 valence electrons. The first-order chi connectivity index (χ1) is 8.59. The van der Waals surface area contributed by atoms with Crippen molar-refractivity contribution in [1.29, 1.82) is 0 Å². The molecular weight excluding hydrogens is 236 g/mol. The molecule has 0 aliphatic heterocycles. The van der Waals surface area contributed by atoms with Crippen LogP contribution in [0.2, 0.25) is 0 Å². The van der Waals surface area contributed by atoms with Crippen molar-refractivity contribution in [1.82, 2.24) is 9.97 Å². The molecule has 1 amide bonds. The summed E-state index contributed by atoms with van der Waals surface area (Å²) >= 11 is 0. The highest BCUT2D eigenvalue weighted by Crippen LogP contribution is 2.23. The van der Waals surface area contributed by atoms with Crippen LogP contribution in [-0.4, -0.2) is 20.8 Å². The largest absolute Gasteiger partial charge is 0.331 e. The molecule has 1 aromatic carbocycles. The third-order valence-corrected chi connectivity index (χ3v) is 2.40. The van der Waals surface area contributed by atoms with Crippen molar-refractivity contribution in [2.45, 2.75) is 6.92 Å². The van der Waals surface area contributed by atoms with Crippen LogP contribution in [0.3, 0.4) is 0 Å². The number of imidazole rings is 1. The topological polar surface area (TPSA) is 101 Å². The molecule has 0 saturated heterocycles. The second kappa shape index (κ2) is 4.66. The van der Waals surface area contributed by atoms with E-state index < -0.39 is 10.8 Å². The van der Waals surface area contributed by atoms with Crippen molar-refractivity contribution in [3.63, 3.8) is 0 Å². The van der Waals surface area contributed by atoms with Crippen molar-refractivity contribution in [2.75, 3.05) is 5.32 Å². The number of para-hydroxylation sites is 1. The number of carbonyl (C=O) groups is 1. The van der Waals surface area contributed by atoms with Crippen LogP contribution >= 0.6 is 0 Å². The van der Waals surface area contributed by atoms with Crippen molar-refractivity contribution in [3.8, 4) is 0 Å². The highest BCUT2D eigenvalue weighted by molar-refractivity contribution is 6.06. The summed E-state index contributed by atoms with van der Waals surface area (Å²) in [6, 6.07) is 4.59. The first kappa shape index (κ1) is 11.8. The van der Waals surface area contributed by atoms with E-state index in [0.717, 1.165) is 0 Å². The Morgan fingerprint density at radius 1 is 1.50 bits per heavy atom. The van der Waals surface area contributed by atoms with E-state index in [9.17, 15) is 14.9 Å². The van der Waals surface area contributed by atoms with Gasteiger partial charge in [-0.05, 0) is 13.0 Å². The molecule has 0 bridgehead atoms. The van der Waals surface area contributed by atoms with Crippen LogP contribution < -0.4 is 5.32 Å². The Kier molecular flexibility index (Phi) is 3.05. The molecule has 0 atom stereocenters. The number of hydrogen-bond donors (Lipinski definition) is 2. The van der Waals surface area contributed by atoms with Gasteiger partial charge >= 0.3 is 0 Å². The number of aromatic amines is 1. The lowest BCUT2D eigenvalue weighted by molar-refractivity contribution is -0.385. The summed E-state index contributed by atoms with van der Waals surface area (Å²) < 4.78 is 0. The molecule has 2 rings (SSSR count). The van der Waals surface area contributed by atoms with Gasteiger partial charge in [0, 0.05) is 18.0 Å². The summed E-state index contributed by atoms with van der Waals surface area (Å²) in [5, 5.41) is 13.4. The van der Waals surface area contributed by atoms with Crippen LogP contribution in [0.4, 0.5) is 11.6 Å². The third-order valence-electron chi connectivity index (χ3n) is 2.40. The van der Waals surface area contributed by atoms with Gasteiger partial charge in [-0.15, -0.1) is 0 Å². The van der Waals surface area contributed by atoms with E-state index in [1.807, 2.05) is 0 Å². The predicted octanol–water partition coefficient (Wildman–Crippen LogP) is 1.88. The number of nitro groups is 1. The van der Waals surface area contributed by atoms with E-state index in [1.54, 1.807) is 25.3 Å². The van der Waals surface area contributed by atoms with E-state index in [4.69, 9.17) is 0 Å². The quantitative estimate of drug-likeness (QED) is 0.637. The molecule has 0 aliphatic carbocycles. The number of hydrogen-bond acceptors (Lipinski definition) is 4. The van der Waals surface area contributed by atoms with Gasteiger partial charge < -0.3 is 4.98 Å². The van der Waals surface area contributed by atoms with Gasteiger partial charge in [0.2, 0.25) is 5.95 Å². The monoisotopic (exact) mass is 246 g/mol. The van der Waals surface area contributed by atoms with Gasteiger partial charge in [0.25, 0.3) is 11.6 Å². The van der Waals surface area contributed by atoms with E-state index in [1.165, 1.54) is 12.3 Å². The lowest BCUT2D eigenvalue weighted by Gasteiger charge is -2.04. The fourth-order valence-corrected chi connectivity index (χ4v) is 1.59. The van der Waals surface area contributed by atoms with Gasteiger partial charge in [-0.1, -0.05) is 12.1 Å². The maximum Gasteiger partial charge on any atom is 0.285 e. The molecule has 1 heterocycles. The van der Waals surface area contributed by atoms with Gasteiger partial charge in [0.1, 0.15) is 5.56 Å². The summed E-state index contributed by atoms with van der Waals surface area (Å²) in [6.45, 7) is 1.59. The standard InChI is InChI=1S/C11H10N4O3/c1-7-3-2-4-8(9(7)15(17)18)10(16)14-11-12-5-6-13-11/h2-6H,1H3,(H2,12,13,14,16). The van der Waals surface area contributed by atoms with Gasteiger partial charge in [0.15, 0.2) is 0 Å². The number of aromatic nitrogens is 2. The molecule has 0 unspecified atom stereocenters. The molecule has 0 spiro atoms. The smallest absolute Gasteiger partial charge is 0.285 e. The van der Waals surface area contributed by atoms with E-state index >= 15 is 0 Å². The average molecular weight is 246 g/mol. The van der Waals surface area contributed by atoms with Crippen LogP contribution in [0.15, 0.2) is 30.6 Å². The molecule has 2 N–H and O–H groups in total. The predicted molar refractivity (Wildman–Crippen MR) is 64.4 cm³/mol. The third kappa shape index (κ3) is 2.19. The molecule has 7 nitrogen and oxygen atoms in total. The number of amides is 1. The molecule has 0 radical (unpaired) electrons. The number of benzene rings is 1. The van der Waals surface area contributed by atoms with Crippen molar-refractivity contribution in [2.24, 2.45) is 0 Å². The van der Waals surface area contributed by atoms with E-state index in [2.05, 4.69) is 15.3 Å². The highest BCUT2D eigenvalue weighted by atomic mass is 16.6. The molecule has 18 heavy (non-hydrogen) atoms. The number of aryl methyl sites for hydroxylation is 1. The lowest BCUT2D eigenvalue weighted by atomic mass is 10.1. The van der Waals surface area contributed by atoms with Crippen molar-refractivity contribution >= 4 is 17.5 Å². The van der Waals surface area contributed by atoms with Gasteiger partial charge in [0.05, 0.1) is 4.92 Å². The van der Waals surface area contributed by atoms with Crippen LogP contribution in [-0.2, 0) is 0 Å². The zero-order valence-corrected chi connectivity index (χ0v) is 9.51. The van der Waals surface area contributed by atoms with E-state index in [0.29, 0.717) is 5.56 Å². The Morgan fingerprint density at radius 2 is 2.28 bits per heavy atom. The number of nitrogens with zero attached hydrogens (tertiary/aromatic N) is 2. The fraction of sp³-hybridized carbons (Fsp3) is 0.0909. The Labute approximate surface area is 102 Å². The minimum absolute atomic E-state index is 0.0106. The van der Waals surface area contributed by atoms with Crippen LogP contribution in [0.5, 0.6) is 0 Å². The number of rotatable bonds is 3. The summed E-state index contributed by atoms with van der Waals surface area (Å²) in [4.78, 5) is 28.8. The Balaban J connectivity index is 2.36. The Morgan fingerprint density at radius 3 is 2.89 bits per heavy atom. The molecule has 0 saturated carbocycles. The molecule has 0 aliphatic rings. The zero-order chi connectivity index (χ0) is 13.1. The molecule has 0 fully saturated rings. The SMILES string of the molecule is Cc1cccc(C(=O)Nc2ncc[nH]2)c1[N+](=O)[O-]. The highest BCUT2D eigenvalue weighted by Gasteiger charge is 2.22. The first-order valence-electron chi connectivity index (χ1n) is 5.14. The van der Waals surface area contributed by atoms with Crippen molar-refractivity contribution in [3.05, 3.63) is 51.8 Å². The minimum Gasteiger partial charge on any atom is -0.331 e.